The molecule has 0 aromatic heterocycles. The fourth-order valence-corrected chi connectivity index (χ4v) is 3.03. The van der Waals surface area contributed by atoms with Crippen LogP contribution < -0.4 is 15.0 Å². The quantitative estimate of drug-likeness (QED) is 0.866. The van der Waals surface area contributed by atoms with Crippen LogP contribution in [-0.2, 0) is 0 Å². The highest BCUT2D eigenvalue weighted by atomic mass is 79.9. The summed E-state index contributed by atoms with van der Waals surface area (Å²) in [5.74, 6) is 0.521. The van der Waals surface area contributed by atoms with Crippen LogP contribution in [0, 0.1) is 0 Å². The lowest BCUT2D eigenvalue weighted by Gasteiger charge is -2.20. The number of methoxy groups -OCH3 is 1. The Kier molecular flexibility index (Phi) is 4.86. The minimum absolute atomic E-state index is 0.144. The third-order valence-corrected chi connectivity index (χ3v) is 4.54. The Morgan fingerprint density at radius 3 is 2.48 bits per heavy atom. The summed E-state index contributed by atoms with van der Waals surface area (Å²) in [5.41, 5.74) is 2.43. The highest BCUT2D eigenvalue weighted by Gasteiger charge is 2.16. The van der Waals surface area contributed by atoms with Crippen LogP contribution in [0.2, 0.25) is 0 Å². The average Bonchev–Trinajstić information content (AvgIpc) is 3.10. The van der Waals surface area contributed by atoms with Gasteiger partial charge in [0, 0.05) is 28.8 Å². The normalized spacial score (nSPS) is 13.9. The Morgan fingerprint density at radius 1 is 1.13 bits per heavy atom. The van der Waals surface area contributed by atoms with Gasteiger partial charge in [0.2, 0.25) is 0 Å². The summed E-state index contributed by atoms with van der Waals surface area (Å²) in [7, 11) is 1.61. The van der Waals surface area contributed by atoms with Gasteiger partial charge in [-0.3, -0.25) is 4.79 Å². The SMILES string of the molecule is COc1ccc(N2CCCC2)cc1NC(=O)c1ccc(Br)cc1. The van der Waals surface area contributed by atoms with Crippen molar-refractivity contribution in [1.82, 2.24) is 0 Å². The number of benzene rings is 2. The number of ether oxygens (including phenoxy) is 1. The van der Waals surface area contributed by atoms with Gasteiger partial charge in [-0.1, -0.05) is 15.9 Å². The summed E-state index contributed by atoms with van der Waals surface area (Å²) < 4.78 is 6.33. The number of amides is 1. The first-order chi connectivity index (χ1) is 11.2. The van der Waals surface area contributed by atoms with Crippen LogP contribution in [0.1, 0.15) is 23.2 Å². The first-order valence-corrected chi connectivity index (χ1v) is 8.46. The molecule has 2 aromatic rings. The van der Waals surface area contributed by atoms with Crippen LogP contribution in [0.15, 0.2) is 46.9 Å². The molecule has 3 rings (SSSR count). The minimum atomic E-state index is -0.144. The summed E-state index contributed by atoms with van der Waals surface area (Å²) in [5, 5.41) is 2.96. The molecule has 2 aromatic carbocycles. The lowest BCUT2D eigenvalue weighted by Crippen LogP contribution is -2.18. The van der Waals surface area contributed by atoms with Gasteiger partial charge in [-0.2, -0.15) is 0 Å². The Labute approximate surface area is 144 Å². The van der Waals surface area contributed by atoms with Gasteiger partial charge in [0.05, 0.1) is 12.8 Å². The van der Waals surface area contributed by atoms with Crippen LogP contribution in [0.3, 0.4) is 0 Å². The van der Waals surface area contributed by atoms with Crippen LogP contribution in [0.4, 0.5) is 11.4 Å². The zero-order chi connectivity index (χ0) is 16.2. The second-order valence-electron chi connectivity index (χ2n) is 5.54. The predicted octanol–water partition coefficient (Wildman–Crippen LogP) is 4.31. The molecule has 0 unspecified atom stereocenters. The molecule has 0 aliphatic carbocycles. The molecule has 23 heavy (non-hydrogen) atoms. The van der Waals surface area contributed by atoms with E-state index in [2.05, 4.69) is 26.1 Å². The monoisotopic (exact) mass is 374 g/mol. The van der Waals surface area contributed by atoms with Crippen molar-refractivity contribution in [2.45, 2.75) is 12.8 Å². The summed E-state index contributed by atoms with van der Waals surface area (Å²) in [6.07, 6.45) is 2.43. The highest BCUT2D eigenvalue weighted by molar-refractivity contribution is 9.10. The van der Waals surface area contributed by atoms with Crippen molar-refractivity contribution in [2.24, 2.45) is 0 Å². The predicted molar refractivity (Wildman–Crippen MR) is 96.5 cm³/mol. The second kappa shape index (κ2) is 7.04. The van der Waals surface area contributed by atoms with E-state index in [1.54, 1.807) is 19.2 Å². The zero-order valence-corrected chi connectivity index (χ0v) is 14.6. The summed E-state index contributed by atoms with van der Waals surface area (Å²) in [4.78, 5) is 14.8. The number of hydrogen-bond donors (Lipinski definition) is 1. The molecule has 1 amide bonds. The number of nitrogens with zero attached hydrogens (tertiary/aromatic N) is 1. The van der Waals surface area contributed by atoms with Crippen molar-refractivity contribution in [3.05, 3.63) is 52.5 Å². The molecule has 0 saturated carbocycles. The van der Waals surface area contributed by atoms with E-state index in [-0.39, 0.29) is 5.91 Å². The van der Waals surface area contributed by atoms with E-state index in [0.717, 1.165) is 23.2 Å². The molecular formula is C18H19BrN2O2. The largest absolute Gasteiger partial charge is 0.495 e. The van der Waals surface area contributed by atoms with E-state index in [1.165, 1.54) is 12.8 Å². The van der Waals surface area contributed by atoms with Crippen molar-refractivity contribution < 1.29 is 9.53 Å². The lowest BCUT2D eigenvalue weighted by molar-refractivity contribution is 0.102. The Morgan fingerprint density at radius 2 is 1.83 bits per heavy atom. The maximum atomic E-state index is 12.4. The zero-order valence-electron chi connectivity index (χ0n) is 13.0. The molecule has 1 N–H and O–H groups in total. The van der Waals surface area contributed by atoms with Crippen molar-refractivity contribution in [1.29, 1.82) is 0 Å². The summed E-state index contributed by atoms with van der Waals surface area (Å²) >= 11 is 3.37. The molecule has 5 heteroatoms. The number of nitrogens with one attached hydrogen (secondary N) is 1. The van der Waals surface area contributed by atoms with Gasteiger partial charge >= 0.3 is 0 Å². The van der Waals surface area contributed by atoms with Gasteiger partial charge in [-0.25, -0.2) is 0 Å². The first kappa shape index (κ1) is 15.9. The smallest absolute Gasteiger partial charge is 0.255 e. The van der Waals surface area contributed by atoms with E-state index < -0.39 is 0 Å². The van der Waals surface area contributed by atoms with E-state index in [0.29, 0.717) is 17.0 Å². The lowest BCUT2D eigenvalue weighted by atomic mass is 10.2. The van der Waals surface area contributed by atoms with Gasteiger partial charge in [0.1, 0.15) is 5.75 Å². The van der Waals surface area contributed by atoms with E-state index >= 15 is 0 Å². The third kappa shape index (κ3) is 3.67. The topological polar surface area (TPSA) is 41.6 Å². The fraction of sp³-hybridized carbons (Fsp3) is 0.278. The maximum absolute atomic E-state index is 12.4. The Bertz CT molecular complexity index is 695. The standard InChI is InChI=1S/C18H19BrN2O2/c1-23-17-9-8-15(21-10-2-3-11-21)12-16(17)20-18(22)13-4-6-14(19)7-5-13/h4-9,12H,2-3,10-11H2,1H3,(H,20,22). The number of halogens is 1. The number of anilines is 2. The van der Waals surface area contributed by atoms with Gasteiger partial charge in [0.25, 0.3) is 5.91 Å². The fourth-order valence-electron chi connectivity index (χ4n) is 2.76. The van der Waals surface area contributed by atoms with Crippen molar-refractivity contribution in [3.8, 4) is 5.75 Å². The maximum Gasteiger partial charge on any atom is 0.255 e. The molecule has 0 bridgehead atoms. The number of rotatable bonds is 4. The van der Waals surface area contributed by atoms with Gasteiger partial charge < -0.3 is 15.0 Å². The summed E-state index contributed by atoms with van der Waals surface area (Å²) in [6, 6.07) is 13.2. The van der Waals surface area contributed by atoms with Crippen LogP contribution in [0.25, 0.3) is 0 Å². The van der Waals surface area contributed by atoms with Crippen LogP contribution >= 0.6 is 15.9 Å². The van der Waals surface area contributed by atoms with E-state index in [1.807, 2.05) is 30.3 Å². The van der Waals surface area contributed by atoms with Crippen molar-refractivity contribution in [2.75, 3.05) is 30.4 Å². The minimum Gasteiger partial charge on any atom is -0.495 e. The average molecular weight is 375 g/mol. The van der Waals surface area contributed by atoms with Crippen molar-refractivity contribution >= 4 is 33.2 Å². The molecule has 0 spiro atoms. The third-order valence-electron chi connectivity index (χ3n) is 4.01. The van der Waals surface area contributed by atoms with Gasteiger partial charge in [0.15, 0.2) is 0 Å². The molecule has 1 aliphatic rings. The summed E-state index contributed by atoms with van der Waals surface area (Å²) in [6.45, 7) is 2.12. The molecule has 1 saturated heterocycles. The number of carbonyl (C=O) groups is 1. The molecule has 120 valence electrons. The first-order valence-electron chi connectivity index (χ1n) is 7.67. The second-order valence-corrected chi connectivity index (χ2v) is 6.46. The van der Waals surface area contributed by atoms with E-state index in [9.17, 15) is 4.79 Å². The number of hydrogen-bond acceptors (Lipinski definition) is 3. The molecule has 1 heterocycles. The van der Waals surface area contributed by atoms with Gasteiger partial charge in [-0.05, 0) is 55.3 Å². The number of carbonyl (C=O) groups excluding carboxylic acids is 1. The molecule has 1 fully saturated rings. The van der Waals surface area contributed by atoms with Crippen LogP contribution in [-0.4, -0.2) is 26.1 Å². The Balaban J connectivity index is 1.83. The van der Waals surface area contributed by atoms with Crippen LogP contribution in [0.5, 0.6) is 5.75 Å². The molecule has 4 nitrogen and oxygen atoms in total. The molecule has 1 aliphatic heterocycles. The molecule has 0 radical (unpaired) electrons. The molecular weight excluding hydrogens is 356 g/mol. The Hall–Kier alpha value is -2.01. The van der Waals surface area contributed by atoms with Gasteiger partial charge in [-0.15, -0.1) is 0 Å². The highest BCUT2D eigenvalue weighted by Crippen LogP contribution is 2.31. The van der Waals surface area contributed by atoms with E-state index in [4.69, 9.17) is 4.74 Å². The molecule has 0 atom stereocenters. The van der Waals surface area contributed by atoms with Crippen molar-refractivity contribution in [3.63, 3.8) is 0 Å².